The van der Waals surface area contributed by atoms with Gasteiger partial charge in [0.05, 0.1) is 12.8 Å². The Morgan fingerprint density at radius 2 is 2.25 bits per heavy atom. The third-order valence-electron chi connectivity index (χ3n) is 3.01. The third kappa shape index (κ3) is 2.04. The molecule has 0 amide bonds. The van der Waals surface area contributed by atoms with Crippen LogP contribution in [-0.4, -0.2) is 28.8 Å². The van der Waals surface area contributed by atoms with E-state index in [2.05, 4.69) is 14.7 Å². The lowest BCUT2D eigenvalue weighted by Gasteiger charge is -2.01. The molecule has 0 bridgehead atoms. The molecule has 100 valence electrons. The quantitative estimate of drug-likeness (QED) is 0.638. The van der Waals surface area contributed by atoms with Crippen LogP contribution in [0.5, 0.6) is 0 Å². The highest BCUT2D eigenvalue weighted by atomic mass is 32.1. The van der Waals surface area contributed by atoms with Crippen LogP contribution in [0.1, 0.15) is 31.5 Å². The van der Waals surface area contributed by atoms with Crippen molar-refractivity contribution in [2.24, 2.45) is 0 Å². The average molecular weight is 286 g/mol. The van der Waals surface area contributed by atoms with E-state index < -0.39 is 5.97 Å². The Hall–Kier alpha value is -2.34. The van der Waals surface area contributed by atoms with Crippen molar-refractivity contribution in [1.82, 2.24) is 9.97 Å². The molecule has 0 N–H and O–H groups in total. The number of ketones is 1. The number of carbonyl (C=O) groups is 2. The minimum atomic E-state index is -0.542. The van der Waals surface area contributed by atoms with Crippen molar-refractivity contribution < 1.29 is 14.3 Å². The van der Waals surface area contributed by atoms with Gasteiger partial charge in [-0.3, -0.25) is 9.78 Å². The predicted octanol–water partition coefficient (Wildman–Crippen LogP) is 2.15. The zero-order valence-corrected chi connectivity index (χ0v) is 11.4. The minimum absolute atomic E-state index is 0.153. The Labute approximate surface area is 118 Å². The van der Waals surface area contributed by atoms with Gasteiger partial charge < -0.3 is 4.74 Å². The molecule has 2 heterocycles. The van der Waals surface area contributed by atoms with Gasteiger partial charge in [0.2, 0.25) is 5.78 Å². The number of fused-ring (bicyclic) bond motifs is 1. The van der Waals surface area contributed by atoms with Crippen LogP contribution in [0, 0.1) is 0 Å². The van der Waals surface area contributed by atoms with E-state index in [0.29, 0.717) is 17.7 Å². The van der Waals surface area contributed by atoms with Crippen molar-refractivity contribution in [1.29, 1.82) is 0 Å². The number of aromatic nitrogens is 2. The zero-order valence-electron chi connectivity index (χ0n) is 10.6. The number of hydrogen-bond acceptors (Lipinski definition) is 6. The lowest BCUT2D eigenvalue weighted by atomic mass is 10.1. The van der Waals surface area contributed by atoms with Gasteiger partial charge in [0.1, 0.15) is 0 Å². The van der Waals surface area contributed by atoms with Gasteiger partial charge in [-0.2, -0.15) is 0 Å². The van der Waals surface area contributed by atoms with Crippen LogP contribution in [-0.2, 0) is 11.2 Å². The van der Waals surface area contributed by atoms with Crippen LogP contribution < -0.4 is 0 Å². The molecule has 0 saturated heterocycles. The highest BCUT2D eigenvalue weighted by Crippen LogP contribution is 2.29. The van der Waals surface area contributed by atoms with Crippen molar-refractivity contribution in [3.8, 4) is 0 Å². The Kier molecular flexibility index (Phi) is 3.15. The summed E-state index contributed by atoms with van der Waals surface area (Å²) in [5, 5.41) is 1.80. The first-order valence-corrected chi connectivity index (χ1v) is 6.81. The van der Waals surface area contributed by atoms with Crippen LogP contribution in [0.25, 0.3) is 5.57 Å². The molecule has 0 unspecified atom stereocenters. The van der Waals surface area contributed by atoms with E-state index in [1.54, 1.807) is 6.20 Å². The summed E-state index contributed by atoms with van der Waals surface area (Å²) < 4.78 is 4.58. The van der Waals surface area contributed by atoms with Gasteiger partial charge in [-0.25, -0.2) is 9.78 Å². The largest absolute Gasteiger partial charge is 0.464 e. The number of nitrogens with zero attached hydrogens (tertiary/aromatic N) is 2. The summed E-state index contributed by atoms with van der Waals surface area (Å²) in [6.07, 6.45) is 4.20. The Balaban J connectivity index is 1.91. The smallest absolute Gasteiger partial charge is 0.357 e. The van der Waals surface area contributed by atoms with Crippen LogP contribution >= 0.6 is 11.3 Å². The number of methoxy groups -OCH3 is 1. The molecular weight excluding hydrogens is 276 g/mol. The molecule has 3 rings (SSSR count). The molecule has 1 aliphatic carbocycles. The van der Waals surface area contributed by atoms with Crippen LogP contribution in [0.3, 0.4) is 0 Å². The normalized spacial score (nSPS) is 12.8. The van der Waals surface area contributed by atoms with E-state index >= 15 is 0 Å². The Bertz CT molecular complexity index is 734. The first-order chi connectivity index (χ1) is 9.70. The number of pyridine rings is 1. The predicted molar refractivity (Wildman–Crippen MR) is 73.7 cm³/mol. The highest BCUT2D eigenvalue weighted by molar-refractivity contribution is 7.12. The summed E-state index contributed by atoms with van der Waals surface area (Å²) in [6.45, 7) is 0. The van der Waals surface area contributed by atoms with Crippen LogP contribution in [0.4, 0.5) is 0 Å². The summed E-state index contributed by atoms with van der Waals surface area (Å²) in [4.78, 5) is 32.0. The first-order valence-electron chi connectivity index (χ1n) is 5.93. The lowest BCUT2D eigenvalue weighted by Crippen LogP contribution is -2.05. The number of Topliss-reactive ketones (excluding diaryl/α,β-unsaturated/α-hetero) is 1. The zero-order chi connectivity index (χ0) is 14.1. The van der Waals surface area contributed by atoms with E-state index in [4.69, 9.17) is 0 Å². The molecule has 2 aromatic heterocycles. The summed E-state index contributed by atoms with van der Waals surface area (Å²) in [7, 11) is 1.28. The summed E-state index contributed by atoms with van der Waals surface area (Å²) in [5.41, 5.74) is 2.43. The second-order valence-electron chi connectivity index (χ2n) is 4.19. The van der Waals surface area contributed by atoms with Gasteiger partial charge in [-0.15, -0.1) is 11.3 Å². The average Bonchev–Trinajstić information content (AvgIpc) is 3.12. The van der Waals surface area contributed by atoms with Crippen molar-refractivity contribution in [3.63, 3.8) is 0 Å². The fourth-order valence-electron chi connectivity index (χ4n) is 2.05. The van der Waals surface area contributed by atoms with Crippen molar-refractivity contribution >= 4 is 28.7 Å². The van der Waals surface area contributed by atoms with Gasteiger partial charge in [0, 0.05) is 17.2 Å². The summed E-state index contributed by atoms with van der Waals surface area (Å²) in [5.74, 6) is -0.748. The summed E-state index contributed by atoms with van der Waals surface area (Å²) in [6, 6.07) is 3.79. The Morgan fingerprint density at radius 3 is 3.05 bits per heavy atom. The standard InChI is InChI=1S/C14H10N2O3S/c1-19-14(18)10-7-20-13(16-10)12(17)9-5-4-8-3-2-6-15-11(8)9/h2-3,5-7H,4H2,1H3. The molecule has 1 aliphatic rings. The SMILES string of the molecule is COC(=O)c1csc(C(=O)C2=CCc3cccnc32)n1. The van der Waals surface area contributed by atoms with Gasteiger partial charge >= 0.3 is 5.97 Å². The second-order valence-corrected chi connectivity index (χ2v) is 5.05. The molecule has 0 aromatic carbocycles. The van der Waals surface area contributed by atoms with Crippen LogP contribution in [0.15, 0.2) is 29.8 Å². The minimum Gasteiger partial charge on any atom is -0.464 e. The molecule has 2 aromatic rings. The number of ether oxygens (including phenoxy) is 1. The number of hydrogen-bond donors (Lipinski definition) is 0. The molecular formula is C14H10N2O3S. The molecule has 5 nitrogen and oxygen atoms in total. The van der Waals surface area contributed by atoms with Crippen LogP contribution in [0.2, 0.25) is 0 Å². The van der Waals surface area contributed by atoms with Gasteiger partial charge in [-0.05, 0) is 18.1 Å². The summed E-state index contributed by atoms with van der Waals surface area (Å²) >= 11 is 1.13. The molecule has 0 radical (unpaired) electrons. The highest BCUT2D eigenvalue weighted by Gasteiger charge is 2.25. The van der Waals surface area contributed by atoms with Crippen molar-refractivity contribution in [3.05, 3.63) is 51.7 Å². The van der Waals surface area contributed by atoms with E-state index in [0.717, 1.165) is 16.9 Å². The van der Waals surface area contributed by atoms with Gasteiger partial charge in [-0.1, -0.05) is 12.1 Å². The maximum atomic E-state index is 12.4. The second kappa shape index (κ2) is 4.97. The molecule has 0 aliphatic heterocycles. The lowest BCUT2D eigenvalue weighted by molar-refractivity contribution is 0.0595. The third-order valence-corrected chi connectivity index (χ3v) is 3.85. The topological polar surface area (TPSA) is 69.2 Å². The maximum absolute atomic E-state index is 12.4. The Morgan fingerprint density at radius 1 is 1.40 bits per heavy atom. The van der Waals surface area contributed by atoms with E-state index in [1.807, 2.05) is 18.2 Å². The first kappa shape index (κ1) is 12.7. The van der Waals surface area contributed by atoms with Gasteiger partial charge in [0.15, 0.2) is 10.7 Å². The van der Waals surface area contributed by atoms with Gasteiger partial charge in [0.25, 0.3) is 0 Å². The van der Waals surface area contributed by atoms with Crippen molar-refractivity contribution in [2.75, 3.05) is 7.11 Å². The molecule has 20 heavy (non-hydrogen) atoms. The number of rotatable bonds is 3. The number of esters is 1. The molecule has 6 heteroatoms. The maximum Gasteiger partial charge on any atom is 0.357 e. The monoisotopic (exact) mass is 286 g/mol. The van der Waals surface area contributed by atoms with E-state index in [1.165, 1.54) is 12.5 Å². The number of carbonyl (C=O) groups excluding carboxylic acids is 2. The fraction of sp³-hybridized carbons (Fsp3) is 0.143. The number of thiazole rings is 1. The molecule has 0 fully saturated rings. The van der Waals surface area contributed by atoms with E-state index in [-0.39, 0.29) is 16.5 Å². The molecule has 0 spiro atoms. The molecule has 0 saturated carbocycles. The fourth-order valence-corrected chi connectivity index (χ4v) is 2.79. The number of allylic oxidation sites excluding steroid dienone is 2. The van der Waals surface area contributed by atoms with E-state index in [9.17, 15) is 9.59 Å². The molecule has 0 atom stereocenters. The van der Waals surface area contributed by atoms with Crippen molar-refractivity contribution in [2.45, 2.75) is 6.42 Å².